The zero-order chi connectivity index (χ0) is 18.7. The Morgan fingerprint density at radius 3 is 2.70 bits per heavy atom. The summed E-state index contributed by atoms with van der Waals surface area (Å²) in [5.41, 5.74) is 0.866. The van der Waals surface area contributed by atoms with Gasteiger partial charge in [0.2, 0.25) is 5.82 Å². The number of likely N-dealkylation sites (tertiary alicyclic amines) is 1. The van der Waals surface area contributed by atoms with Gasteiger partial charge in [0.15, 0.2) is 0 Å². The molecule has 2 atom stereocenters. The molecule has 0 bridgehead atoms. The maximum atomic E-state index is 6.20. The summed E-state index contributed by atoms with van der Waals surface area (Å²) >= 11 is 0. The van der Waals surface area contributed by atoms with E-state index in [2.05, 4.69) is 52.3 Å². The number of piperidine rings is 1. The lowest BCUT2D eigenvalue weighted by Gasteiger charge is -2.41. The Hall–Kier alpha value is -1.76. The van der Waals surface area contributed by atoms with E-state index in [9.17, 15) is 0 Å². The number of nitrogens with zero attached hydrogens (tertiary/aromatic N) is 3. The zero-order valence-corrected chi connectivity index (χ0v) is 16.3. The molecule has 0 spiro atoms. The van der Waals surface area contributed by atoms with E-state index in [4.69, 9.17) is 14.0 Å². The molecule has 6 nitrogen and oxygen atoms in total. The van der Waals surface area contributed by atoms with Crippen LogP contribution in [0, 0.1) is 0 Å². The third kappa shape index (κ3) is 3.79. The molecule has 0 unspecified atom stereocenters. The Bertz CT molecular complexity index is 719. The van der Waals surface area contributed by atoms with Crippen LogP contribution in [0.15, 0.2) is 34.9 Å². The van der Waals surface area contributed by atoms with Crippen molar-refractivity contribution in [2.24, 2.45) is 0 Å². The molecule has 2 aliphatic rings. The minimum Gasteiger partial charge on any atom is -0.370 e. The molecule has 6 heteroatoms. The molecule has 146 valence electrons. The van der Waals surface area contributed by atoms with Crippen LogP contribution >= 0.6 is 0 Å². The number of hydrogen-bond acceptors (Lipinski definition) is 6. The molecule has 4 rings (SSSR count). The minimum absolute atomic E-state index is 0.0284. The topological polar surface area (TPSA) is 60.6 Å². The van der Waals surface area contributed by atoms with Crippen molar-refractivity contribution in [3.63, 3.8) is 0 Å². The average Bonchev–Trinajstić information content (AvgIpc) is 3.41. The predicted molar refractivity (Wildman–Crippen MR) is 101 cm³/mol. The van der Waals surface area contributed by atoms with Crippen molar-refractivity contribution in [2.45, 2.75) is 57.3 Å². The van der Waals surface area contributed by atoms with E-state index in [0.29, 0.717) is 24.4 Å². The summed E-state index contributed by atoms with van der Waals surface area (Å²) in [4.78, 5) is 7.19. The summed E-state index contributed by atoms with van der Waals surface area (Å²) in [6.07, 6.45) is 3.69. The van der Waals surface area contributed by atoms with Crippen LogP contribution in [-0.4, -0.2) is 41.3 Å². The molecular weight excluding hydrogens is 342 g/mol. The molecule has 0 saturated carbocycles. The Morgan fingerprint density at radius 1 is 1.26 bits per heavy atom. The zero-order valence-electron chi connectivity index (χ0n) is 16.3. The largest absolute Gasteiger partial charge is 0.370 e. The number of benzene rings is 1. The highest BCUT2D eigenvalue weighted by Gasteiger charge is 2.43. The second-order valence-electron chi connectivity index (χ2n) is 7.51. The lowest BCUT2D eigenvalue weighted by Crippen LogP contribution is -2.45. The fourth-order valence-electron chi connectivity index (χ4n) is 4.24. The first-order valence-electron chi connectivity index (χ1n) is 10.1. The van der Waals surface area contributed by atoms with Crippen molar-refractivity contribution in [2.75, 3.05) is 26.3 Å². The molecule has 27 heavy (non-hydrogen) atoms. The van der Waals surface area contributed by atoms with Gasteiger partial charge in [-0.15, -0.1) is 0 Å². The molecule has 0 radical (unpaired) electrons. The smallest absolute Gasteiger partial charge is 0.259 e. The van der Waals surface area contributed by atoms with Crippen LogP contribution in [0.1, 0.15) is 69.0 Å². The molecule has 2 saturated heterocycles. The predicted octanol–water partition coefficient (Wildman–Crippen LogP) is 4.01. The van der Waals surface area contributed by atoms with Gasteiger partial charge in [-0.3, -0.25) is 4.90 Å². The maximum Gasteiger partial charge on any atom is 0.259 e. The van der Waals surface area contributed by atoms with Crippen molar-refractivity contribution >= 4 is 0 Å². The summed E-state index contributed by atoms with van der Waals surface area (Å²) in [6, 6.07) is 11.0. The van der Waals surface area contributed by atoms with E-state index in [1.54, 1.807) is 0 Å². The van der Waals surface area contributed by atoms with Crippen molar-refractivity contribution in [3.05, 3.63) is 47.6 Å². The summed E-state index contributed by atoms with van der Waals surface area (Å²) in [7, 11) is 0. The van der Waals surface area contributed by atoms with Gasteiger partial charge >= 0.3 is 0 Å². The second kappa shape index (κ2) is 8.09. The normalized spacial score (nSPS) is 24.1. The van der Waals surface area contributed by atoms with Crippen molar-refractivity contribution < 1.29 is 14.0 Å². The fourth-order valence-corrected chi connectivity index (χ4v) is 4.24. The van der Waals surface area contributed by atoms with Crippen LogP contribution in [-0.2, 0) is 15.1 Å². The molecule has 2 aliphatic heterocycles. The highest BCUT2D eigenvalue weighted by atomic mass is 16.5. The first-order valence-corrected chi connectivity index (χ1v) is 10.1. The first kappa shape index (κ1) is 18.6. The Labute approximate surface area is 160 Å². The molecule has 0 amide bonds. The molecule has 0 N–H and O–H groups in total. The van der Waals surface area contributed by atoms with Gasteiger partial charge in [0.05, 0.1) is 0 Å². The van der Waals surface area contributed by atoms with Crippen LogP contribution in [0.2, 0.25) is 0 Å². The van der Waals surface area contributed by atoms with E-state index < -0.39 is 5.60 Å². The second-order valence-corrected chi connectivity index (χ2v) is 7.51. The number of ether oxygens (including phenoxy) is 2. The van der Waals surface area contributed by atoms with Crippen LogP contribution in [0.4, 0.5) is 0 Å². The maximum absolute atomic E-state index is 6.20. The molecule has 3 heterocycles. The van der Waals surface area contributed by atoms with Gasteiger partial charge in [-0.2, -0.15) is 4.98 Å². The van der Waals surface area contributed by atoms with E-state index in [1.165, 1.54) is 5.56 Å². The summed E-state index contributed by atoms with van der Waals surface area (Å²) in [6.45, 7) is 7.58. The van der Waals surface area contributed by atoms with Gasteiger partial charge in [-0.05, 0) is 45.1 Å². The van der Waals surface area contributed by atoms with Gasteiger partial charge in [-0.25, -0.2) is 0 Å². The monoisotopic (exact) mass is 371 g/mol. The third-order valence-electron chi connectivity index (χ3n) is 5.91. The molecule has 0 aliphatic carbocycles. The van der Waals surface area contributed by atoms with E-state index >= 15 is 0 Å². The molecule has 2 aromatic rings. The minimum atomic E-state index is -0.481. The first-order chi connectivity index (χ1) is 13.2. The van der Waals surface area contributed by atoms with Crippen molar-refractivity contribution in [1.29, 1.82) is 0 Å². The highest BCUT2D eigenvalue weighted by molar-refractivity contribution is 5.18. The van der Waals surface area contributed by atoms with Crippen LogP contribution in [0.3, 0.4) is 0 Å². The molecule has 1 aromatic heterocycles. The standard InChI is InChI=1S/C21H29N3O3/c1-3-26-21(20-22-19(23-27-20)18-10-7-15-25-18)11-13-24(14-12-21)16(2)17-8-5-4-6-9-17/h4-6,8-9,16,18H,3,7,10-15H2,1-2H3/t16-,18+/m0/s1. The third-order valence-corrected chi connectivity index (χ3v) is 5.91. The fraction of sp³-hybridized carbons (Fsp3) is 0.619. The van der Waals surface area contributed by atoms with Crippen molar-refractivity contribution in [3.8, 4) is 0 Å². The highest BCUT2D eigenvalue weighted by Crippen LogP contribution is 2.39. The van der Waals surface area contributed by atoms with Gasteiger partial charge in [0, 0.05) is 32.3 Å². The Morgan fingerprint density at radius 2 is 2.04 bits per heavy atom. The van der Waals surface area contributed by atoms with Crippen molar-refractivity contribution in [1.82, 2.24) is 15.0 Å². The van der Waals surface area contributed by atoms with E-state index in [-0.39, 0.29) is 6.10 Å². The number of rotatable bonds is 6. The van der Waals surface area contributed by atoms with Gasteiger partial charge in [0.25, 0.3) is 5.89 Å². The van der Waals surface area contributed by atoms with Crippen LogP contribution < -0.4 is 0 Å². The van der Waals surface area contributed by atoms with Gasteiger partial charge in [0.1, 0.15) is 11.7 Å². The summed E-state index contributed by atoms with van der Waals surface area (Å²) < 4.78 is 17.6. The van der Waals surface area contributed by atoms with Crippen LogP contribution in [0.5, 0.6) is 0 Å². The lowest BCUT2D eigenvalue weighted by atomic mass is 9.89. The van der Waals surface area contributed by atoms with E-state index in [0.717, 1.165) is 45.4 Å². The molecule has 2 fully saturated rings. The van der Waals surface area contributed by atoms with E-state index in [1.807, 2.05) is 6.92 Å². The average molecular weight is 371 g/mol. The number of hydrogen-bond donors (Lipinski definition) is 0. The SMILES string of the molecule is CCOC1(c2nc([C@H]3CCCO3)no2)CCN([C@@H](C)c2ccccc2)CC1. The quantitative estimate of drug-likeness (QED) is 0.765. The number of aromatic nitrogens is 2. The van der Waals surface area contributed by atoms with Gasteiger partial charge < -0.3 is 14.0 Å². The summed E-state index contributed by atoms with van der Waals surface area (Å²) in [5.74, 6) is 1.28. The van der Waals surface area contributed by atoms with Gasteiger partial charge in [-0.1, -0.05) is 35.5 Å². The Balaban J connectivity index is 1.47. The lowest BCUT2D eigenvalue weighted by molar-refractivity contribution is -0.108. The Kier molecular flexibility index (Phi) is 5.57. The summed E-state index contributed by atoms with van der Waals surface area (Å²) in [5, 5.41) is 4.20. The van der Waals surface area contributed by atoms with Crippen LogP contribution in [0.25, 0.3) is 0 Å². The molecule has 1 aromatic carbocycles. The molecular formula is C21H29N3O3.